The molecule has 1 heterocycles. The van der Waals surface area contributed by atoms with Crippen LogP contribution in [0.15, 0.2) is 24.3 Å². The average Bonchev–Trinajstić information content (AvgIpc) is 2.66. The van der Waals surface area contributed by atoms with Crippen molar-refractivity contribution in [2.75, 3.05) is 7.05 Å². The maximum absolute atomic E-state index is 11.0. The van der Waals surface area contributed by atoms with Gasteiger partial charge in [-0.05, 0) is 45.2 Å². The van der Waals surface area contributed by atoms with Gasteiger partial charge < -0.3 is 15.0 Å². The van der Waals surface area contributed by atoms with Crippen LogP contribution >= 0.6 is 0 Å². The maximum atomic E-state index is 11.0. The molecule has 0 fully saturated rings. The second kappa shape index (κ2) is 4.82. The highest BCUT2D eigenvalue weighted by Gasteiger charge is 2.12. The van der Waals surface area contributed by atoms with Crippen molar-refractivity contribution >= 4 is 16.9 Å². The van der Waals surface area contributed by atoms with Crippen molar-refractivity contribution in [3.8, 4) is 0 Å². The molecule has 0 aliphatic rings. The zero-order valence-electron chi connectivity index (χ0n) is 10.9. The van der Waals surface area contributed by atoms with E-state index in [1.165, 1.54) is 5.69 Å². The van der Waals surface area contributed by atoms with Crippen LogP contribution in [0.3, 0.4) is 0 Å². The van der Waals surface area contributed by atoms with Gasteiger partial charge in [0.15, 0.2) is 0 Å². The Kier molecular flexibility index (Phi) is 3.39. The first-order chi connectivity index (χ1) is 8.54. The maximum Gasteiger partial charge on any atom is 0.335 e. The Morgan fingerprint density at radius 1 is 1.39 bits per heavy atom. The minimum atomic E-state index is -0.885. The fourth-order valence-electron chi connectivity index (χ4n) is 2.35. The molecule has 96 valence electrons. The number of hydrogen-bond acceptors (Lipinski definition) is 2. The molecule has 2 rings (SSSR count). The van der Waals surface area contributed by atoms with Gasteiger partial charge in [-0.25, -0.2) is 4.79 Å². The Hall–Kier alpha value is -1.81. The Bertz CT molecular complexity index is 585. The van der Waals surface area contributed by atoms with Crippen LogP contribution in [-0.4, -0.2) is 22.7 Å². The van der Waals surface area contributed by atoms with Gasteiger partial charge in [0, 0.05) is 29.2 Å². The lowest BCUT2D eigenvalue weighted by molar-refractivity contribution is 0.0697. The van der Waals surface area contributed by atoms with Crippen LogP contribution in [0.5, 0.6) is 0 Å². The molecule has 18 heavy (non-hydrogen) atoms. The summed E-state index contributed by atoms with van der Waals surface area (Å²) in [5, 5.41) is 13.1. The second-order valence-electron chi connectivity index (χ2n) is 4.71. The lowest BCUT2D eigenvalue weighted by Gasteiger charge is -2.14. The van der Waals surface area contributed by atoms with E-state index in [2.05, 4.69) is 29.8 Å². The molecule has 4 nitrogen and oxygen atoms in total. The van der Waals surface area contributed by atoms with E-state index in [-0.39, 0.29) is 0 Å². The van der Waals surface area contributed by atoms with Gasteiger partial charge in [-0.3, -0.25) is 0 Å². The van der Waals surface area contributed by atoms with Crippen LogP contribution in [0.4, 0.5) is 0 Å². The Morgan fingerprint density at radius 3 is 2.67 bits per heavy atom. The minimum Gasteiger partial charge on any atom is -0.478 e. The Morgan fingerprint density at radius 2 is 2.11 bits per heavy atom. The number of aromatic carboxylic acids is 1. The van der Waals surface area contributed by atoms with Gasteiger partial charge in [0.25, 0.3) is 0 Å². The Balaban J connectivity index is 2.64. The van der Waals surface area contributed by atoms with E-state index in [0.29, 0.717) is 11.6 Å². The highest BCUT2D eigenvalue weighted by atomic mass is 16.4. The van der Waals surface area contributed by atoms with Crippen LogP contribution in [-0.2, 0) is 6.54 Å². The van der Waals surface area contributed by atoms with E-state index in [1.54, 1.807) is 12.1 Å². The van der Waals surface area contributed by atoms with Crippen LogP contribution in [0.1, 0.15) is 35.9 Å². The monoisotopic (exact) mass is 246 g/mol. The number of hydrogen-bond donors (Lipinski definition) is 2. The number of carboxylic acids is 1. The van der Waals surface area contributed by atoms with Crippen molar-refractivity contribution in [1.29, 1.82) is 0 Å². The molecule has 0 spiro atoms. The SMILES string of the molecule is CNCc1cc2cc(C(=O)O)ccc2n1C(C)C. The van der Waals surface area contributed by atoms with Crippen molar-refractivity contribution < 1.29 is 9.90 Å². The molecule has 0 atom stereocenters. The smallest absolute Gasteiger partial charge is 0.335 e. The van der Waals surface area contributed by atoms with Gasteiger partial charge in [-0.2, -0.15) is 0 Å². The van der Waals surface area contributed by atoms with Crippen LogP contribution in [0.2, 0.25) is 0 Å². The van der Waals surface area contributed by atoms with Crippen molar-refractivity contribution in [2.45, 2.75) is 26.4 Å². The molecule has 1 aromatic carbocycles. The molecule has 4 heteroatoms. The molecule has 1 aromatic heterocycles. The van der Waals surface area contributed by atoms with E-state index in [1.807, 2.05) is 13.1 Å². The van der Waals surface area contributed by atoms with E-state index in [0.717, 1.165) is 17.4 Å². The molecule has 0 radical (unpaired) electrons. The fraction of sp³-hybridized carbons (Fsp3) is 0.357. The number of rotatable bonds is 4. The largest absolute Gasteiger partial charge is 0.478 e. The van der Waals surface area contributed by atoms with Crippen molar-refractivity contribution in [1.82, 2.24) is 9.88 Å². The fourth-order valence-corrected chi connectivity index (χ4v) is 2.35. The van der Waals surface area contributed by atoms with Crippen LogP contribution < -0.4 is 5.32 Å². The van der Waals surface area contributed by atoms with Gasteiger partial charge in [-0.1, -0.05) is 0 Å². The number of carboxylic acid groups (broad SMARTS) is 1. The van der Waals surface area contributed by atoms with Gasteiger partial charge in [0.1, 0.15) is 0 Å². The lowest BCUT2D eigenvalue weighted by atomic mass is 10.1. The first-order valence-electron chi connectivity index (χ1n) is 6.06. The molecule has 0 aliphatic carbocycles. The summed E-state index contributed by atoms with van der Waals surface area (Å²) in [7, 11) is 1.91. The average molecular weight is 246 g/mol. The van der Waals surface area contributed by atoms with Crippen molar-refractivity contribution in [3.05, 3.63) is 35.5 Å². The predicted molar refractivity (Wildman–Crippen MR) is 72.0 cm³/mol. The quantitative estimate of drug-likeness (QED) is 0.872. The first-order valence-corrected chi connectivity index (χ1v) is 6.06. The van der Waals surface area contributed by atoms with Crippen molar-refractivity contribution in [3.63, 3.8) is 0 Å². The number of nitrogens with zero attached hydrogens (tertiary/aromatic N) is 1. The van der Waals surface area contributed by atoms with Crippen LogP contribution in [0, 0.1) is 0 Å². The van der Waals surface area contributed by atoms with E-state index in [4.69, 9.17) is 5.11 Å². The zero-order valence-corrected chi connectivity index (χ0v) is 10.9. The molecule has 0 unspecified atom stereocenters. The summed E-state index contributed by atoms with van der Waals surface area (Å²) >= 11 is 0. The molecular weight excluding hydrogens is 228 g/mol. The normalized spacial score (nSPS) is 11.3. The number of nitrogens with one attached hydrogen (secondary N) is 1. The third-order valence-electron chi connectivity index (χ3n) is 3.04. The lowest BCUT2D eigenvalue weighted by Crippen LogP contribution is -2.12. The summed E-state index contributed by atoms with van der Waals surface area (Å²) in [4.78, 5) is 11.0. The van der Waals surface area contributed by atoms with E-state index < -0.39 is 5.97 Å². The molecule has 0 bridgehead atoms. The molecule has 0 saturated carbocycles. The summed E-state index contributed by atoms with van der Waals surface area (Å²) in [6, 6.07) is 7.68. The predicted octanol–water partition coefficient (Wildman–Crippen LogP) is 2.64. The summed E-state index contributed by atoms with van der Waals surface area (Å²) in [5.41, 5.74) is 2.59. The Labute approximate surface area is 106 Å². The summed E-state index contributed by atoms with van der Waals surface area (Å²) in [6.45, 7) is 5.03. The van der Waals surface area contributed by atoms with Gasteiger partial charge in [-0.15, -0.1) is 0 Å². The topological polar surface area (TPSA) is 54.3 Å². The van der Waals surface area contributed by atoms with Gasteiger partial charge in [0.05, 0.1) is 5.56 Å². The number of carbonyl (C=O) groups is 1. The van der Waals surface area contributed by atoms with Gasteiger partial charge >= 0.3 is 5.97 Å². The number of aromatic nitrogens is 1. The van der Waals surface area contributed by atoms with Crippen molar-refractivity contribution in [2.24, 2.45) is 0 Å². The van der Waals surface area contributed by atoms with Crippen LogP contribution in [0.25, 0.3) is 10.9 Å². The number of benzene rings is 1. The van der Waals surface area contributed by atoms with Gasteiger partial charge in [0.2, 0.25) is 0 Å². The standard InChI is InChI=1S/C14H18N2O2/c1-9(2)16-12(8-15-3)7-11-6-10(14(17)18)4-5-13(11)16/h4-7,9,15H,8H2,1-3H3,(H,17,18). The summed E-state index contributed by atoms with van der Waals surface area (Å²) in [6.07, 6.45) is 0. The molecule has 0 amide bonds. The summed E-state index contributed by atoms with van der Waals surface area (Å²) in [5.74, 6) is -0.885. The molecule has 2 aromatic rings. The number of fused-ring (bicyclic) bond motifs is 1. The van der Waals surface area contributed by atoms with E-state index in [9.17, 15) is 4.79 Å². The third kappa shape index (κ3) is 2.11. The summed E-state index contributed by atoms with van der Waals surface area (Å²) < 4.78 is 2.23. The highest BCUT2D eigenvalue weighted by Crippen LogP contribution is 2.25. The minimum absolute atomic E-state index is 0.333. The molecule has 2 N–H and O–H groups in total. The van der Waals surface area contributed by atoms with E-state index >= 15 is 0 Å². The third-order valence-corrected chi connectivity index (χ3v) is 3.04. The molecular formula is C14H18N2O2. The highest BCUT2D eigenvalue weighted by molar-refractivity contribution is 5.94. The molecule has 0 aliphatic heterocycles. The zero-order chi connectivity index (χ0) is 13.3. The first kappa shape index (κ1) is 12.6. The molecule has 0 saturated heterocycles. The second-order valence-corrected chi connectivity index (χ2v) is 4.71.